The predicted octanol–water partition coefficient (Wildman–Crippen LogP) is 4.23. The van der Waals surface area contributed by atoms with Crippen molar-refractivity contribution in [1.82, 2.24) is 20.2 Å². The number of hydrogen-bond donors (Lipinski definition) is 1. The number of para-hydroxylation sites is 2. The van der Waals surface area contributed by atoms with Crippen molar-refractivity contribution in [3.8, 4) is 0 Å². The normalized spacial score (nSPS) is 11.5. The van der Waals surface area contributed by atoms with E-state index in [2.05, 4.69) is 20.2 Å². The molecule has 0 aliphatic rings. The Kier molecular flexibility index (Phi) is 3.46. The van der Waals surface area contributed by atoms with Crippen molar-refractivity contribution in [2.75, 3.05) is 5.75 Å². The van der Waals surface area contributed by atoms with Crippen LogP contribution in [0.2, 0.25) is 0 Å². The molecule has 5 aromatic rings. The van der Waals surface area contributed by atoms with Gasteiger partial charge in [-0.1, -0.05) is 48.2 Å². The fourth-order valence-electron chi connectivity index (χ4n) is 2.89. The highest BCUT2D eigenvalue weighted by Crippen LogP contribution is 2.24. The average Bonchev–Trinajstić information content (AvgIpc) is 3.27. The smallest absolute Gasteiger partial charge is 0.211 e. The quantitative estimate of drug-likeness (QED) is 0.381. The second-order valence-corrected chi connectivity index (χ2v) is 6.77. The molecule has 0 saturated carbocycles. The first-order chi connectivity index (χ1) is 12.8. The Hall–Kier alpha value is -3.19. The van der Waals surface area contributed by atoms with Gasteiger partial charge in [-0.05, 0) is 18.2 Å². The van der Waals surface area contributed by atoms with E-state index >= 15 is 0 Å². The van der Waals surface area contributed by atoms with Crippen LogP contribution in [0.4, 0.5) is 0 Å². The highest BCUT2D eigenvalue weighted by Gasteiger charge is 2.15. The number of rotatable bonds is 4. The van der Waals surface area contributed by atoms with Crippen LogP contribution in [0.3, 0.4) is 0 Å². The average molecular weight is 360 g/mol. The minimum Gasteiger partial charge on any atom is -0.453 e. The lowest BCUT2D eigenvalue weighted by Gasteiger charge is -1.97. The summed E-state index contributed by atoms with van der Waals surface area (Å²) in [5.74, 6) is 0.428. The second-order valence-electron chi connectivity index (χ2n) is 5.82. The number of carbonyl (C=O) groups is 1. The Balaban J connectivity index is 1.38. The summed E-state index contributed by atoms with van der Waals surface area (Å²) in [7, 11) is 0. The molecule has 3 aromatic heterocycles. The van der Waals surface area contributed by atoms with Crippen LogP contribution in [0.1, 0.15) is 10.6 Å². The molecule has 0 spiro atoms. The molecule has 0 unspecified atom stereocenters. The van der Waals surface area contributed by atoms with Gasteiger partial charge < -0.3 is 9.40 Å². The van der Waals surface area contributed by atoms with Crippen molar-refractivity contribution < 1.29 is 9.21 Å². The number of fused-ring (bicyclic) bond motifs is 4. The molecule has 1 N–H and O–H groups in total. The van der Waals surface area contributed by atoms with Crippen LogP contribution in [0.5, 0.6) is 0 Å². The first kappa shape index (κ1) is 15.1. The molecule has 2 aromatic carbocycles. The van der Waals surface area contributed by atoms with Crippen molar-refractivity contribution in [2.24, 2.45) is 0 Å². The summed E-state index contributed by atoms with van der Waals surface area (Å²) >= 11 is 1.24. The fourth-order valence-corrected chi connectivity index (χ4v) is 3.54. The first-order valence-electron chi connectivity index (χ1n) is 8.04. The Bertz CT molecular complexity index is 1240. The molecule has 3 heterocycles. The fraction of sp³-hybridized carbons (Fsp3) is 0.0526. The molecular weight excluding hydrogens is 348 g/mol. The van der Waals surface area contributed by atoms with Crippen LogP contribution in [-0.4, -0.2) is 31.7 Å². The summed E-state index contributed by atoms with van der Waals surface area (Å²) in [6.45, 7) is 0. The van der Waals surface area contributed by atoms with Crippen molar-refractivity contribution in [2.45, 2.75) is 5.16 Å². The van der Waals surface area contributed by atoms with Gasteiger partial charge in [0, 0.05) is 16.3 Å². The van der Waals surface area contributed by atoms with E-state index in [0.717, 1.165) is 21.8 Å². The van der Waals surface area contributed by atoms with Gasteiger partial charge in [-0.2, -0.15) is 0 Å². The number of ketones is 1. The summed E-state index contributed by atoms with van der Waals surface area (Å²) in [6.07, 6.45) is 0. The summed E-state index contributed by atoms with van der Waals surface area (Å²) in [5, 5.41) is 10.7. The predicted molar refractivity (Wildman–Crippen MR) is 100 cm³/mol. The molecule has 0 fully saturated rings. The zero-order chi connectivity index (χ0) is 17.5. The van der Waals surface area contributed by atoms with Crippen molar-refractivity contribution in [1.29, 1.82) is 0 Å². The number of furan rings is 1. The number of thioether (sulfide) groups is 1. The summed E-state index contributed by atoms with van der Waals surface area (Å²) < 4.78 is 5.60. The van der Waals surface area contributed by atoms with E-state index in [1.165, 1.54) is 11.8 Å². The van der Waals surface area contributed by atoms with Crippen LogP contribution in [0, 0.1) is 0 Å². The third kappa shape index (κ3) is 2.53. The molecule has 0 saturated heterocycles. The Labute approximate surface area is 151 Å². The zero-order valence-corrected chi connectivity index (χ0v) is 14.3. The number of benzene rings is 2. The number of H-pyrrole nitrogens is 1. The molecule has 6 nitrogen and oxygen atoms in total. The lowest BCUT2D eigenvalue weighted by Crippen LogP contribution is -2.02. The van der Waals surface area contributed by atoms with E-state index in [1.54, 1.807) is 6.07 Å². The third-order valence-corrected chi connectivity index (χ3v) is 4.97. The molecule has 26 heavy (non-hydrogen) atoms. The molecule has 7 heteroatoms. The van der Waals surface area contributed by atoms with Gasteiger partial charge in [-0.25, -0.2) is 4.98 Å². The van der Waals surface area contributed by atoms with Gasteiger partial charge in [0.2, 0.25) is 10.9 Å². The topological polar surface area (TPSA) is 84.7 Å². The summed E-state index contributed by atoms with van der Waals surface area (Å²) in [4.78, 5) is 20.1. The van der Waals surface area contributed by atoms with E-state index in [4.69, 9.17) is 4.42 Å². The molecule has 0 aliphatic heterocycles. The lowest BCUT2D eigenvalue weighted by atomic mass is 10.2. The highest BCUT2D eigenvalue weighted by molar-refractivity contribution is 7.99. The SMILES string of the molecule is O=C(CSc1nnc2c(n1)[nH]c1ccccc12)c1cc2ccccc2o1. The number of Topliss-reactive ketones (excluding diaryl/α,β-unsaturated/α-hetero) is 1. The zero-order valence-electron chi connectivity index (χ0n) is 13.5. The van der Waals surface area contributed by atoms with Crippen LogP contribution in [-0.2, 0) is 0 Å². The number of nitrogens with one attached hydrogen (secondary N) is 1. The van der Waals surface area contributed by atoms with E-state index in [1.807, 2.05) is 48.5 Å². The number of nitrogens with zero attached hydrogens (tertiary/aromatic N) is 3. The first-order valence-corrected chi connectivity index (χ1v) is 9.02. The number of carbonyl (C=O) groups excluding carboxylic acids is 1. The lowest BCUT2D eigenvalue weighted by molar-refractivity contribution is 0.0994. The van der Waals surface area contributed by atoms with Crippen LogP contribution in [0.25, 0.3) is 33.0 Å². The van der Waals surface area contributed by atoms with Crippen LogP contribution < -0.4 is 0 Å². The Morgan fingerprint density at radius 1 is 1.08 bits per heavy atom. The van der Waals surface area contributed by atoms with E-state index < -0.39 is 0 Å². The van der Waals surface area contributed by atoms with Gasteiger partial charge in [0.1, 0.15) is 11.1 Å². The van der Waals surface area contributed by atoms with Crippen LogP contribution in [0.15, 0.2) is 64.2 Å². The maximum absolute atomic E-state index is 12.4. The minimum atomic E-state index is -0.105. The molecule has 0 bridgehead atoms. The largest absolute Gasteiger partial charge is 0.453 e. The summed E-state index contributed by atoms with van der Waals surface area (Å²) in [5.41, 5.74) is 3.07. The number of aromatic amines is 1. The molecule has 0 amide bonds. The Morgan fingerprint density at radius 2 is 1.92 bits per heavy atom. The molecule has 0 atom stereocenters. The van der Waals surface area contributed by atoms with Gasteiger partial charge in [0.15, 0.2) is 11.4 Å². The second kappa shape index (κ2) is 5.96. The maximum Gasteiger partial charge on any atom is 0.211 e. The Morgan fingerprint density at radius 3 is 2.85 bits per heavy atom. The van der Waals surface area contributed by atoms with Gasteiger partial charge >= 0.3 is 0 Å². The molecule has 126 valence electrons. The minimum absolute atomic E-state index is 0.105. The third-order valence-electron chi connectivity index (χ3n) is 4.14. The monoisotopic (exact) mass is 360 g/mol. The van der Waals surface area contributed by atoms with Crippen molar-refractivity contribution >= 4 is 50.6 Å². The van der Waals surface area contributed by atoms with Gasteiger partial charge in [-0.3, -0.25) is 4.79 Å². The summed E-state index contributed by atoms with van der Waals surface area (Å²) in [6, 6.07) is 17.2. The van der Waals surface area contributed by atoms with Gasteiger partial charge in [-0.15, -0.1) is 10.2 Å². The maximum atomic E-state index is 12.4. The molecule has 0 aliphatic carbocycles. The van der Waals surface area contributed by atoms with Crippen molar-refractivity contribution in [3.05, 3.63) is 60.4 Å². The van der Waals surface area contributed by atoms with Crippen LogP contribution >= 0.6 is 11.8 Å². The van der Waals surface area contributed by atoms with E-state index in [9.17, 15) is 4.79 Å². The number of hydrogen-bond acceptors (Lipinski definition) is 6. The number of aromatic nitrogens is 4. The van der Waals surface area contributed by atoms with E-state index in [-0.39, 0.29) is 11.5 Å². The molecule has 0 radical (unpaired) electrons. The van der Waals surface area contributed by atoms with Gasteiger partial charge in [0.05, 0.1) is 5.75 Å². The van der Waals surface area contributed by atoms with Gasteiger partial charge in [0.25, 0.3) is 0 Å². The standard InChI is InChI=1S/C19H12N4O2S/c24-14(16-9-11-5-1-4-8-15(11)25-16)10-26-19-21-18-17(22-23-19)12-6-2-3-7-13(12)20-18/h1-9H,10H2,(H,20,21,23). The molecule has 5 rings (SSSR count). The highest BCUT2D eigenvalue weighted by atomic mass is 32.2. The van der Waals surface area contributed by atoms with E-state index in [0.29, 0.717) is 22.1 Å². The molecular formula is C19H12N4O2S. The van der Waals surface area contributed by atoms with Crippen molar-refractivity contribution in [3.63, 3.8) is 0 Å².